The minimum absolute atomic E-state index is 0.438. The summed E-state index contributed by atoms with van der Waals surface area (Å²) in [5.74, 6) is 0.185. The highest BCUT2D eigenvalue weighted by Gasteiger charge is 2.07. The van der Waals surface area contributed by atoms with Crippen LogP contribution in [0.1, 0.15) is 5.69 Å². The summed E-state index contributed by atoms with van der Waals surface area (Å²) in [4.78, 5) is 18.1. The highest BCUT2D eigenvalue weighted by atomic mass is 32.1. The van der Waals surface area contributed by atoms with E-state index >= 15 is 0 Å². The minimum atomic E-state index is -0.438. The van der Waals surface area contributed by atoms with E-state index < -0.39 is 5.76 Å². The van der Waals surface area contributed by atoms with Crippen molar-refractivity contribution in [3.8, 4) is 10.6 Å². The van der Waals surface area contributed by atoms with Gasteiger partial charge in [-0.3, -0.25) is 4.98 Å². The number of hydrogen-bond acceptors (Lipinski definition) is 5. The van der Waals surface area contributed by atoms with Gasteiger partial charge in [-0.25, -0.2) is 9.78 Å². The number of rotatable bonds is 2. The molecule has 0 aliphatic heterocycles. The van der Waals surface area contributed by atoms with Crippen LogP contribution in [0.15, 0.2) is 32.8 Å². The van der Waals surface area contributed by atoms with Gasteiger partial charge in [0.2, 0.25) is 0 Å². The molecule has 4 nitrogen and oxygen atoms in total. The third kappa shape index (κ3) is 1.89. The first-order valence-corrected chi connectivity index (χ1v) is 6.46. The number of oxazole rings is 1. The van der Waals surface area contributed by atoms with Crippen LogP contribution in [-0.2, 0) is 5.75 Å². The summed E-state index contributed by atoms with van der Waals surface area (Å²) < 4.78 is 5.01. The molecule has 0 aliphatic carbocycles. The molecule has 3 rings (SSSR count). The van der Waals surface area contributed by atoms with E-state index in [1.807, 2.05) is 23.6 Å². The lowest BCUT2D eigenvalue weighted by Gasteiger charge is -1.95. The maximum Gasteiger partial charge on any atom is 0.417 e. The third-order valence-electron chi connectivity index (χ3n) is 2.38. The number of aromatic nitrogens is 2. The van der Waals surface area contributed by atoms with Gasteiger partial charge in [-0.15, -0.1) is 11.3 Å². The van der Waals surface area contributed by atoms with Crippen LogP contribution < -0.4 is 5.76 Å². The van der Waals surface area contributed by atoms with Crippen LogP contribution >= 0.6 is 24.0 Å². The second-order valence-corrected chi connectivity index (χ2v) is 4.70. The van der Waals surface area contributed by atoms with Crippen LogP contribution in [0.3, 0.4) is 0 Å². The highest BCUT2D eigenvalue weighted by Crippen LogP contribution is 2.26. The first kappa shape index (κ1) is 10.6. The van der Waals surface area contributed by atoms with Crippen LogP contribution in [0.25, 0.3) is 21.7 Å². The van der Waals surface area contributed by atoms with Crippen molar-refractivity contribution < 1.29 is 4.42 Å². The minimum Gasteiger partial charge on any atom is -0.408 e. The molecule has 6 heteroatoms. The predicted molar refractivity (Wildman–Crippen MR) is 70.6 cm³/mol. The fraction of sp³-hybridized carbons (Fsp3) is 0.0909. The zero-order chi connectivity index (χ0) is 11.8. The topological polar surface area (TPSA) is 58.9 Å². The third-order valence-corrected chi connectivity index (χ3v) is 3.65. The van der Waals surface area contributed by atoms with Crippen LogP contribution in [0.5, 0.6) is 0 Å². The molecule has 0 spiro atoms. The normalized spacial score (nSPS) is 11.1. The molecule has 3 aromatic rings. The summed E-state index contributed by atoms with van der Waals surface area (Å²) in [6, 6.07) is 5.54. The maximum absolute atomic E-state index is 11.0. The zero-order valence-electron chi connectivity index (χ0n) is 8.64. The summed E-state index contributed by atoms with van der Waals surface area (Å²) >= 11 is 5.73. The number of aromatic amines is 1. The van der Waals surface area contributed by atoms with E-state index in [9.17, 15) is 4.79 Å². The van der Waals surface area contributed by atoms with Crippen molar-refractivity contribution in [3.05, 3.63) is 39.8 Å². The largest absolute Gasteiger partial charge is 0.417 e. The molecule has 0 bridgehead atoms. The summed E-state index contributed by atoms with van der Waals surface area (Å²) in [5.41, 5.74) is 3.14. The molecule has 0 fully saturated rings. The molecule has 17 heavy (non-hydrogen) atoms. The first-order chi connectivity index (χ1) is 8.26. The fourth-order valence-electron chi connectivity index (χ4n) is 1.59. The molecule has 2 heterocycles. The Balaban J connectivity index is 2.13. The van der Waals surface area contributed by atoms with Gasteiger partial charge in [-0.1, -0.05) is 0 Å². The number of H-pyrrole nitrogens is 1. The number of thiol groups is 1. The van der Waals surface area contributed by atoms with E-state index in [4.69, 9.17) is 4.42 Å². The lowest BCUT2D eigenvalue weighted by Crippen LogP contribution is -1.92. The van der Waals surface area contributed by atoms with Gasteiger partial charge in [0.05, 0.1) is 11.2 Å². The van der Waals surface area contributed by atoms with Gasteiger partial charge in [0.25, 0.3) is 0 Å². The Morgan fingerprint density at radius 3 is 3.12 bits per heavy atom. The zero-order valence-corrected chi connectivity index (χ0v) is 10.3. The Labute approximate surface area is 106 Å². The van der Waals surface area contributed by atoms with Gasteiger partial charge >= 0.3 is 5.76 Å². The first-order valence-electron chi connectivity index (χ1n) is 4.95. The predicted octanol–water partition coefficient (Wildman–Crippen LogP) is 2.67. The average Bonchev–Trinajstić information content (AvgIpc) is 2.92. The smallest absolute Gasteiger partial charge is 0.408 e. The molecule has 0 aliphatic rings. The van der Waals surface area contributed by atoms with E-state index in [2.05, 4.69) is 22.6 Å². The van der Waals surface area contributed by atoms with Crippen LogP contribution in [0.4, 0.5) is 0 Å². The molecule has 0 amide bonds. The molecule has 1 aromatic carbocycles. The lowest BCUT2D eigenvalue weighted by atomic mass is 10.2. The standard InChI is InChI=1S/C11H8N2O2S2/c14-11-13-8-2-1-6(3-9(8)15-11)10-12-7(4-16)5-17-10/h1-3,5,16H,4H2,(H,13,14). The second kappa shape index (κ2) is 4.05. The van der Waals surface area contributed by atoms with Gasteiger partial charge in [0, 0.05) is 16.7 Å². The van der Waals surface area contributed by atoms with E-state index in [1.165, 1.54) is 0 Å². The average molecular weight is 264 g/mol. The Morgan fingerprint density at radius 1 is 1.47 bits per heavy atom. The van der Waals surface area contributed by atoms with E-state index in [0.29, 0.717) is 16.9 Å². The number of nitrogens with one attached hydrogen (secondary N) is 1. The number of fused-ring (bicyclic) bond motifs is 1. The van der Waals surface area contributed by atoms with Gasteiger partial charge in [-0.05, 0) is 18.2 Å². The number of nitrogens with zero attached hydrogens (tertiary/aromatic N) is 1. The summed E-state index contributed by atoms with van der Waals surface area (Å²) in [6.45, 7) is 0. The van der Waals surface area contributed by atoms with Crippen molar-refractivity contribution in [3.63, 3.8) is 0 Å². The fourth-order valence-corrected chi connectivity index (χ4v) is 2.69. The van der Waals surface area contributed by atoms with Gasteiger partial charge in [-0.2, -0.15) is 12.6 Å². The number of benzene rings is 1. The lowest BCUT2D eigenvalue weighted by molar-refractivity contribution is 0.555. The Bertz CT molecular complexity index is 726. The Morgan fingerprint density at radius 2 is 2.35 bits per heavy atom. The summed E-state index contributed by atoms with van der Waals surface area (Å²) in [5, 5.41) is 2.87. The molecule has 0 radical (unpaired) electrons. The molecular formula is C11H8N2O2S2. The van der Waals surface area contributed by atoms with Crippen molar-refractivity contribution >= 4 is 35.1 Å². The van der Waals surface area contributed by atoms with Crippen molar-refractivity contribution in [1.29, 1.82) is 0 Å². The monoisotopic (exact) mass is 264 g/mol. The van der Waals surface area contributed by atoms with Gasteiger partial charge < -0.3 is 4.42 Å². The van der Waals surface area contributed by atoms with Crippen molar-refractivity contribution in [2.24, 2.45) is 0 Å². The summed E-state index contributed by atoms with van der Waals surface area (Å²) in [7, 11) is 0. The Kier molecular flexibility index (Phi) is 2.53. The SMILES string of the molecule is O=c1[nH]c2ccc(-c3nc(CS)cs3)cc2o1. The second-order valence-electron chi connectivity index (χ2n) is 3.53. The summed E-state index contributed by atoms with van der Waals surface area (Å²) in [6.07, 6.45) is 0. The Hall–Kier alpha value is -1.53. The maximum atomic E-state index is 11.0. The molecule has 1 N–H and O–H groups in total. The van der Waals surface area contributed by atoms with Gasteiger partial charge in [0.15, 0.2) is 5.58 Å². The molecule has 0 atom stereocenters. The molecule has 86 valence electrons. The molecule has 0 saturated heterocycles. The molecule has 0 saturated carbocycles. The van der Waals surface area contributed by atoms with Crippen molar-refractivity contribution in [2.75, 3.05) is 0 Å². The van der Waals surface area contributed by atoms with Gasteiger partial charge in [0.1, 0.15) is 5.01 Å². The molecular weight excluding hydrogens is 256 g/mol. The number of thiazole rings is 1. The number of hydrogen-bond donors (Lipinski definition) is 2. The molecule has 2 aromatic heterocycles. The molecule has 0 unspecified atom stereocenters. The van der Waals surface area contributed by atoms with Crippen LogP contribution in [-0.4, -0.2) is 9.97 Å². The van der Waals surface area contributed by atoms with E-state index in [1.54, 1.807) is 11.3 Å². The van der Waals surface area contributed by atoms with E-state index in [-0.39, 0.29) is 0 Å². The van der Waals surface area contributed by atoms with Crippen LogP contribution in [0.2, 0.25) is 0 Å². The highest BCUT2D eigenvalue weighted by molar-refractivity contribution is 7.79. The van der Waals surface area contributed by atoms with Crippen LogP contribution in [0, 0.1) is 0 Å². The van der Waals surface area contributed by atoms with Crippen molar-refractivity contribution in [1.82, 2.24) is 9.97 Å². The van der Waals surface area contributed by atoms with E-state index in [0.717, 1.165) is 16.3 Å². The van der Waals surface area contributed by atoms with Crippen molar-refractivity contribution in [2.45, 2.75) is 5.75 Å². The quantitative estimate of drug-likeness (QED) is 0.700.